The molecule has 0 heterocycles. The number of hydrogen-bond acceptors (Lipinski definition) is 1. The van der Waals surface area contributed by atoms with E-state index < -0.39 is 5.82 Å². The third kappa shape index (κ3) is 4.94. The van der Waals surface area contributed by atoms with Crippen LogP contribution in [0.5, 0.6) is 0 Å². The molecular weight excluding hydrogens is 309 g/mol. The van der Waals surface area contributed by atoms with Crippen LogP contribution in [0, 0.1) is 5.82 Å². The van der Waals surface area contributed by atoms with Gasteiger partial charge in [0.1, 0.15) is 5.82 Å². The van der Waals surface area contributed by atoms with Crippen LogP contribution >= 0.6 is 15.9 Å². The van der Waals surface area contributed by atoms with Gasteiger partial charge in [-0.15, -0.1) is 0 Å². The number of rotatable bonds is 7. The van der Waals surface area contributed by atoms with Gasteiger partial charge >= 0.3 is 0 Å². The van der Waals surface area contributed by atoms with Gasteiger partial charge in [-0.25, -0.2) is 4.39 Å². The zero-order chi connectivity index (χ0) is 14.3. The standard InChI is InChI=1S/C15H21BrFNO/c1-3-5-8-11(7-4-2)18-15(19)12-9-6-10-13(17)14(12)16/h6,9-11H,3-5,7-8H2,1-2H3,(H,18,19). The van der Waals surface area contributed by atoms with Crippen molar-refractivity contribution in [1.29, 1.82) is 0 Å². The zero-order valence-corrected chi connectivity index (χ0v) is 13.1. The lowest BCUT2D eigenvalue weighted by Gasteiger charge is -2.18. The average Bonchev–Trinajstić information content (AvgIpc) is 2.39. The van der Waals surface area contributed by atoms with Crippen molar-refractivity contribution in [2.75, 3.05) is 0 Å². The van der Waals surface area contributed by atoms with Crippen LogP contribution < -0.4 is 5.32 Å². The number of halogens is 2. The van der Waals surface area contributed by atoms with E-state index in [9.17, 15) is 9.18 Å². The van der Waals surface area contributed by atoms with E-state index in [1.807, 2.05) is 0 Å². The van der Waals surface area contributed by atoms with Crippen LogP contribution in [0.3, 0.4) is 0 Å². The van der Waals surface area contributed by atoms with Gasteiger partial charge in [-0.3, -0.25) is 4.79 Å². The molecule has 1 aromatic rings. The van der Waals surface area contributed by atoms with Crippen LogP contribution in [0.25, 0.3) is 0 Å². The summed E-state index contributed by atoms with van der Waals surface area (Å²) >= 11 is 3.13. The second kappa shape index (κ2) is 8.31. The van der Waals surface area contributed by atoms with E-state index in [4.69, 9.17) is 0 Å². The fourth-order valence-electron chi connectivity index (χ4n) is 2.03. The van der Waals surface area contributed by atoms with Crippen molar-refractivity contribution in [3.63, 3.8) is 0 Å². The normalized spacial score (nSPS) is 12.2. The lowest BCUT2D eigenvalue weighted by Crippen LogP contribution is -2.35. The van der Waals surface area contributed by atoms with Crippen LogP contribution in [0.1, 0.15) is 56.3 Å². The van der Waals surface area contributed by atoms with Gasteiger partial charge in [0.25, 0.3) is 5.91 Å². The molecule has 0 aliphatic carbocycles. The Morgan fingerprint density at radius 2 is 2.05 bits per heavy atom. The third-order valence-corrected chi connectivity index (χ3v) is 3.88. The summed E-state index contributed by atoms with van der Waals surface area (Å²) in [5.74, 6) is -0.617. The zero-order valence-electron chi connectivity index (χ0n) is 11.5. The molecule has 106 valence electrons. The van der Waals surface area contributed by atoms with Crippen LogP contribution in [0.2, 0.25) is 0 Å². The highest BCUT2D eigenvalue weighted by Gasteiger charge is 2.16. The molecule has 4 heteroatoms. The summed E-state index contributed by atoms with van der Waals surface area (Å²) < 4.78 is 13.6. The van der Waals surface area contributed by atoms with Crippen LogP contribution in [-0.2, 0) is 0 Å². The summed E-state index contributed by atoms with van der Waals surface area (Å²) in [5, 5.41) is 3.00. The van der Waals surface area contributed by atoms with Crippen molar-refractivity contribution in [3.05, 3.63) is 34.1 Å². The molecular formula is C15H21BrFNO. The van der Waals surface area contributed by atoms with E-state index >= 15 is 0 Å². The van der Waals surface area contributed by atoms with E-state index in [1.165, 1.54) is 6.07 Å². The topological polar surface area (TPSA) is 29.1 Å². The predicted octanol–water partition coefficient (Wildman–Crippen LogP) is 4.68. The lowest BCUT2D eigenvalue weighted by atomic mass is 10.0. The van der Waals surface area contributed by atoms with Crippen molar-refractivity contribution in [1.82, 2.24) is 5.32 Å². The molecule has 0 saturated heterocycles. The van der Waals surface area contributed by atoms with Gasteiger partial charge in [0.2, 0.25) is 0 Å². The van der Waals surface area contributed by atoms with E-state index in [-0.39, 0.29) is 16.4 Å². The van der Waals surface area contributed by atoms with Crippen molar-refractivity contribution in [2.24, 2.45) is 0 Å². The summed E-state index contributed by atoms with van der Waals surface area (Å²) in [4.78, 5) is 12.2. The summed E-state index contributed by atoms with van der Waals surface area (Å²) in [6.07, 6.45) is 5.16. The first-order chi connectivity index (χ1) is 9.10. The Morgan fingerprint density at radius 1 is 1.32 bits per heavy atom. The first-order valence-electron chi connectivity index (χ1n) is 6.85. The molecule has 19 heavy (non-hydrogen) atoms. The Balaban J connectivity index is 2.72. The molecule has 1 atom stereocenters. The molecule has 0 spiro atoms. The van der Waals surface area contributed by atoms with Crippen LogP contribution in [0.4, 0.5) is 4.39 Å². The number of unbranched alkanes of at least 4 members (excludes halogenated alkanes) is 1. The molecule has 0 aromatic heterocycles. The smallest absolute Gasteiger partial charge is 0.252 e. The Morgan fingerprint density at radius 3 is 2.68 bits per heavy atom. The molecule has 1 unspecified atom stereocenters. The molecule has 1 aromatic carbocycles. The van der Waals surface area contributed by atoms with Crippen molar-refractivity contribution in [3.8, 4) is 0 Å². The van der Waals surface area contributed by atoms with Gasteiger partial charge in [-0.1, -0.05) is 39.2 Å². The molecule has 0 aliphatic heterocycles. The monoisotopic (exact) mass is 329 g/mol. The minimum absolute atomic E-state index is 0.174. The number of amides is 1. The highest BCUT2D eigenvalue weighted by molar-refractivity contribution is 9.10. The molecule has 1 amide bonds. The Labute approximate surface area is 122 Å². The van der Waals surface area contributed by atoms with Gasteiger partial charge in [0.15, 0.2) is 0 Å². The van der Waals surface area contributed by atoms with Crippen LogP contribution in [0.15, 0.2) is 22.7 Å². The van der Waals surface area contributed by atoms with E-state index in [0.29, 0.717) is 5.56 Å². The minimum atomic E-state index is -0.409. The van der Waals surface area contributed by atoms with Gasteiger partial charge in [0, 0.05) is 6.04 Å². The van der Waals surface area contributed by atoms with Crippen molar-refractivity contribution >= 4 is 21.8 Å². The maximum absolute atomic E-state index is 13.4. The minimum Gasteiger partial charge on any atom is -0.349 e. The average molecular weight is 330 g/mol. The van der Waals surface area contributed by atoms with Crippen molar-refractivity contribution < 1.29 is 9.18 Å². The van der Waals surface area contributed by atoms with Gasteiger partial charge in [-0.05, 0) is 40.9 Å². The highest BCUT2D eigenvalue weighted by Crippen LogP contribution is 2.20. The van der Waals surface area contributed by atoms with Crippen molar-refractivity contribution in [2.45, 2.75) is 52.0 Å². The Kier molecular flexibility index (Phi) is 7.06. The quantitative estimate of drug-likeness (QED) is 0.773. The second-order valence-corrected chi connectivity index (χ2v) is 5.50. The first-order valence-corrected chi connectivity index (χ1v) is 7.64. The molecule has 1 N–H and O–H groups in total. The maximum Gasteiger partial charge on any atom is 0.252 e. The maximum atomic E-state index is 13.4. The van der Waals surface area contributed by atoms with E-state index in [2.05, 4.69) is 35.1 Å². The summed E-state index contributed by atoms with van der Waals surface area (Å²) in [6, 6.07) is 4.69. The highest BCUT2D eigenvalue weighted by atomic mass is 79.9. The fourth-order valence-corrected chi connectivity index (χ4v) is 2.47. The number of carbonyl (C=O) groups excluding carboxylic acids is 1. The number of hydrogen-bond donors (Lipinski definition) is 1. The van der Waals surface area contributed by atoms with Gasteiger partial charge in [-0.2, -0.15) is 0 Å². The Bertz CT molecular complexity index is 423. The summed E-state index contributed by atoms with van der Waals surface area (Å²) in [5.41, 5.74) is 0.359. The predicted molar refractivity (Wildman–Crippen MR) is 79.8 cm³/mol. The molecule has 0 fully saturated rings. The van der Waals surface area contributed by atoms with E-state index in [1.54, 1.807) is 12.1 Å². The molecule has 0 bridgehead atoms. The molecule has 0 radical (unpaired) electrons. The molecule has 0 aliphatic rings. The SMILES string of the molecule is CCCCC(CCC)NC(=O)c1cccc(F)c1Br. The number of nitrogens with one attached hydrogen (secondary N) is 1. The first kappa shape index (κ1) is 16.2. The number of benzene rings is 1. The summed E-state index contributed by atoms with van der Waals surface area (Å²) in [6.45, 7) is 4.23. The third-order valence-electron chi connectivity index (χ3n) is 3.07. The number of carbonyl (C=O) groups is 1. The van der Waals surface area contributed by atoms with Gasteiger partial charge < -0.3 is 5.32 Å². The largest absolute Gasteiger partial charge is 0.349 e. The molecule has 1 rings (SSSR count). The lowest BCUT2D eigenvalue weighted by molar-refractivity contribution is 0.0931. The van der Waals surface area contributed by atoms with Gasteiger partial charge in [0.05, 0.1) is 10.0 Å². The fraction of sp³-hybridized carbons (Fsp3) is 0.533. The van der Waals surface area contributed by atoms with E-state index in [0.717, 1.165) is 32.1 Å². The molecule has 0 saturated carbocycles. The second-order valence-electron chi connectivity index (χ2n) is 4.70. The van der Waals surface area contributed by atoms with Crippen LogP contribution in [-0.4, -0.2) is 11.9 Å². The Hall–Kier alpha value is -0.900. The summed E-state index contributed by atoms with van der Waals surface area (Å²) in [7, 11) is 0. The molecule has 2 nitrogen and oxygen atoms in total.